The zero-order valence-electron chi connectivity index (χ0n) is 16.9. The number of halogens is 1. The molecule has 29 heavy (non-hydrogen) atoms. The monoisotopic (exact) mass is 396 g/mol. The molecule has 0 bridgehead atoms. The molecule has 0 spiro atoms. The number of nitrogens with zero attached hydrogens (tertiary/aromatic N) is 6. The van der Waals surface area contributed by atoms with Gasteiger partial charge in [0.15, 0.2) is 0 Å². The van der Waals surface area contributed by atoms with Gasteiger partial charge < -0.3 is 9.64 Å². The lowest BCUT2D eigenvalue weighted by atomic mass is 10.0. The number of aryl methyl sites for hydroxylation is 1. The Morgan fingerprint density at radius 2 is 2.14 bits per heavy atom. The second-order valence-corrected chi connectivity index (χ2v) is 7.49. The molecular weight excluding hydrogens is 371 g/mol. The maximum absolute atomic E-state index is 13.8. The number of anilines is 1. The summed E-state index contributed by atoms with van der Waals surface area (Å²) in [4.78, 5) is 13.4. The number of hydrogen-bond donors (Lipinski definition) is 0. The van der Waals surface area contributed by atoms with Gasteiger partial charge in [-0.3, -0.25) is 9.58 Å². The van der Waals surface area contributed by atoms with Crippen LogP contribution in [0.4, 0.5) is 10.3 Å². The molecule has 152 valence electrons. The van der Waals surface area contributed by atoms with E-state index in [9.17, 15) is 4.39 Å². The highest BCUT2D eigenvalue weighted by molar-refractivity contribution is 5.66. The highest BCUT2D eigenvalue weighted by atomic mass is 19.1. The summed E-state index contributed by atoms with van der Waals surface area (Å²) in [5.74, 6) is 0.320. The van der Waals surface area contributed by atoms with E-state index in [0.29, 0.717) is 19.1 Å². The van der Waals surface area contributed by atoms with Crippen LogP contribution in [0.15, 0.2) is 42.9 Å². The van der Waals surface area contributed by atoms with E-state index in [1.807, 2.05) is 49.2 Å². The standard InChI is InChI=1S/C21H25FN6O/c1-26(2)21-23-11-18(16-5-4-6-17(22)9-16)20(25-21)19-14-28(7-8-29-19)13-15-10-24-27(3)12-15/h4-6,9-12,19H,7-8,13-14H2,1-3H3/t19-/m1/s1. The van der Waals surface area contributed by atoms with Crippen molar-refractivity contribution in [2.75, 3.05) is 38.7 Å². The van der Waals surface area contributed by atoms with Crippen LogP contribution in [0.5, 0.6) is 0 Å². The lowest BCUT2D eigenvalue weighted by Crippen LogP contribution is -2.38. The Morgan fingerprint density at radius 1 is 1.28 bits per heavy atom. The summed E-state index contributed by atoms with van der Waals surface area (Å²) < 4.78 is 21.8. The van der Waals surface area contributed by atoms with Gasteiger partial charge in [-0.1, -0.05) is 12.1 Å². The maximum Gasteiger partial charge on any atom is 0.225 e. The van der Waals surface area contributed by atoms with Crippen LogP contribution in [-0.4, -0.2) is 58.4 Å². The van der Waals surface area contributed by atoms with Gasteiger partial charge in [0.25, 0.3) is 0 Å². The van der Waals surface area contributed by atoms with Crippen molar-refractivity contribution in [3.63, 3.8) is 0 Å². The molecular formula is C21H25FN6O. The number of hydrogen-bond acceptors (Lipinski definition) is 6. The van der Waals surface area contributed by atoms with E-state index in [0.717, 1.165) is 35.5 Å². The summed E-state index contributed by atoms with van der Waals surface area (Å²) in [6.07, 6.45) is 5.45. The first-order chi connectivity index (χ1) is 14.0. The number of rotatable bonds is 5. The van der Waals surface area contributed by atoms with Gasteiger partial charge in [-0.25, -0.2) is 14.4 Å². The summed E-state index contributed by atoms with van der Waals surface area (Å²) in [5, 5.41) is 4.25. The van der Waals surface area contributed by atoms with Crippen LogP contribution in [0.2, 0.25) is 0 Å². The first-order valence-electron chi connectivity index (χ1n) is 9.61. The molecule has 1 saturated heterocycles. The van der Waals surface area contributed by atoms with E-state index in [4.69, 9.17) is 9.72 Å². The molecule has 0 N–H and O–H groups in total. The molecule has 3 heterocycles. The van der Waals surface area contributed by atoms with Gasteiger partial charge in [0.05, 0.1) is 18.5 Å². The molecule has 3 aromatic rings. The molecule has 1 aliphatic heterocycles. The summed E-state index contributed by atoms with van der Waals surface area (Å²) in [7, 11) is 5.72. The van der Waals surface area contributed by atoms with Gasteiger partial charge in [0.2, 0.25) is 5.95 Å². The Labute approximate surface area is 169 Å². The molecule has 1 aliphatic rings. The average Bonchev–Trinajstić information content (AvgIpc) is 3.12. The zero-order valence-corrected chi connectivity index (χ0v) is 16.9. The molecule has 0 radical (unpaired) electrons. The molecule has 1 aromatic carbocycles. The Balaban J connectivity index is 1.65. The van der Waals surface area contributed by atoms with Gasteiger partial charge in [0.1, 0.15) is 11.9 Å². The fourth-order valence-electron chi connectivity index (χ4n) is 3.55. The third kappa shape index (κ3) is 4.44. The van der Waals surface area contributed by atoms with Gasteiger partial charge in [0, 0.05) is 64.3 Å². The largest absolute Gasteiger partial charge is 0.369 e. The summed E-state index contributed by atoms with van der Waals surface area (Å²) >= 11 is 0. The average molecular weight is 396 g/mol. The van der Waals surface area contributed by atoms with Crippen molar-refractivity contribution in [2.45, 2.75) is 12.6 Å². The summed E-state index contributed by atoms with van der Waals surface area (Å²) in [6.45, 7) is 2.94. The minimum absolute atomic E-state index is 0.222. The van der Waals surface area contributed by atoms with E-state index in [1.165, 1.54) is 12.1 Å². The van der Waals surface area contributed by atoms with Crippen LogP contribution in [-0.2, 0) is 18.3 Å². The van der Waals surface area contributed by atoms with Gasteiger partial charge in [-0.15, -0.1) is 0 Å². The van der Waals surface area contributed by atoms with Gasteiger partial charge in [-0.2, -0.15) is 5.10 Å². The van der Waals surface area contributed by atoms with Crippen LogP contribution in [0.25, 0.3) is 11.1 Å². The fraction of sp³-hybridized carbons (Fsp3) is 0.381. The SMILES string of the molecule is CN(C)c1ncc(-c2cccc(F)c2)c([C@H]2CN(Cc3cnn(C)c3)CCO2)n1. The minimum Gasteiger partial charge on any atom is -0.369 e. The van der Waals surface area contributed by atoms with E-state index < -0.39 is 0 Å². The predicted octanol–water partition coefficient (Wildman–Crippen LogP) is 2.66. The molecule has 0 saturated carbocycles. The maximum atomic E-state index is 13.8. The second-order valence-electron chi connectivity index (χ2n) is 7.49. The lowest BCUT2D eigenvalue weighted by Gasteiger charge is -2.33. The topological polar surface area (TPSA) is 59.3 Å². The summed E-state index contributed by atoms with van der Waals surface area (Å²) in [6, 6.07) is 6.51. The number of aromatic nitrogens is 4. The molecule has 2 aromatic heterocycles. The van der Waals surface area contributed by atoms with Crippen LogP contribution in [0, 0.1) is 5.82 Å². The van der Waals surface area contributed by atoms with Crippen molar-refractivity contribution >= 4 is 5.95 Å². The quantitative estimate of drug-likeness (QED) is 0.661. The van der Waals surface area contributed by atoms with Crippen LogP contribution >= 0.6 is 0 Å². The molecule has 0 unspecified atom stereocenters. The van der Waals surface area contributed by atoms with Crippen LogP contribution < -0.4 is 4.90 Å². The smallest absolute Gasteiger partial charge is 0.225 e. The number of morpholine rings is 1. The van der Waals surface area contributed by atoms with Crippen molar-refractivity contribution in [3.8, 4) is 11.1 Å². The molecule has 7 nitrogen and oxygen atoms in total. The van der Waals surface area contributed by atoms with Crippen molar-refractivity contribution in [1.29, 1.82) is 0 Å². The minimum atomic E-state index is -0.284. The van der Waals surface area contributed by atoms with Crippen LogP contribution in [0.1, 0.15) is 17.4 Å². The van der Waals surface area contributed by atoms with E-state index in [2.05, 4.69) is 15.0 Å². The summed E-state index contributed by atoms with van der Waals surface area (Å²) in [5.41, 5.74) is 3.49. The lowest BCUT2D eigenvalue weighted by molar-refractivity contribution is -0.0347. The third-order valence-electron chi connectivity index (χ3n) is 4.96. The normalized spacial score (nSPS) is 17.4. The predicted molar refractivity (Wildman–Crippen MR) is 109 cm³/mol. The van der Waals surface area contributed by atoms with E-state index in [1.54, 1.807) is 12.3 Å². The van der Waals surface area contributed by atoms with Gasteiger partial charge >= 0.3 is 0 Å². The molecule has 0 aliphatic carbocycles. The Hall–Kier alpha value is -2.84. The highest BCUT2D eigenvalue weighted by Crippen LogP contribution is 2.32. The van der Waals surface area contributed by atoms with E-state index >= 15 is 0 Å². The molecule has 4 rings (SSSR count). The third-order valence-corrected chi connectivity index (χ3v) is 4.96. The zero-order chi connectivity index (χ0) is 20.4. The van der Waals surface area contributed by atoms with Crippen molar-refractivity contribution in [1.82, 2.24) is 24.6 Å². The van der Waals surface area contributed by atoms with Crippen molar-refractivity contribution in [3.05, 3.63) is 59.9 Å². The van der Waals surface area contributed by atoms with E-state index in [-0.39, 0.29) is 11.9 Å². The van der Waals surface area contributed by atoms with Crippen molar-refractivity contribution in [2.24, 2.45) is 7.05 Å². The second kappa shape index (κ2) is 8.26. The molecule has 8 heteroatoms. The molecule has 1 fully saturated rings. The molecule has 1 atom stereocenters. The Kier molecular flexibility index (Phi) is 5.55. The first kappa shape index (κ1) is 19.5. The highest BCUT2D eigenvalue weighted by Gasteiger charge is 2.27. The Morgan fingerprint density at radius 3 is 2.86 bits per heavy atom. The van der Waals surface area contributed by atoms with Crippen LogP contribution in [0.3, 0.4) is 0 Å². The Bertz CT molecular complexity index is 989. The fourth-order valence-corrected chi connectivity index (χ4v) is 3.55. The van der Waals surface area contributed by atoms with Gasteiger partial charge in [-0.05, 0) is 17.7 Å². The molecule has 0 amide bonds. The number of benzene rings is 1. The van der Waals surface area contributed by atoms with Crippen molar-refractivity contribution < 1.29 is 9.13 Å². The first-order valence-corrected chi connectivity index (χ1v) is 9.61. The number of ether oxygens (including phenoxy) is 1.